The molecule has 2 heterocycles. The van der Waals surface area contributed by atoms with Crippen LogP contribution >= 0.6 is 11.8 Å². The highest BCUT2D eigenvalue weighted by Gasteiger charge is 2.14. The predicted molar refractivity (Wildman–Crippen MR) is 75.4 cm³/mol. The number of thioether (sulfide) groups is 1. The van der Waals surface area contributed by atoms with Crippen LogP contribution in [0, 0.1) is 5.92 Å². The first-order chi connectivity index (χ1) is 8.42. The van der Waals surface area contributed by atoms with Crippen molar-refractivity contribution in [1.82, 2.24) is 10.3 Å². The van der Waals surface area contributed by atoms with E-state index in [1.54, 1.807) is 0 Å². The van der Waals surface area contributed by atoms with Gasteiger partial charge in [-0.25, -0.2) is 0 Å². The highest BCUT2D eigenvalue weighted by Crippen LogP contribution is 2.22. The number of aromatic amines is 1. The summed E-state index contributed by atoms with van der Waals surface area (Å²) in [6, 6.07) is 8.76. The number of rotatable bonds is 4. The van der Waals surface area contributed by atoms with Crippen molar-refractivity contribution in [3.8, 4) is 0 Å². The summed E-state index contributed by atoms with van der Waals surface area (Å²) in [4.78, 5) is 3.26. The molecule has 0 saturated carbocycles. The Labute approximate surface area is 106 Å². The zero-order chi connectivity index (χ0) is 11.5. The molecule has 3 heteroatoms. The second-order valence-electron chi connectivity index (χ2n) is 4.76. The van der Waals surface area contributed by atoms with Crippen molar-refractivity contribution in [1.29, 1.82) is 0 Å². The summed E-state index contributed by atoms with van der Waals surface area (Å²) in [5.41, 5.74) is 2.60. The van der Waals surface area contributed by atoms with Crippen LogP contribution in [0.25, 0.3) is 10.9 Å². The second-order valence-corrected chi connectivity index (χ2v) is 5.91. The Bertz CT molecular complexity index is 486. The summed E-state index contributed by atoms with van der Waals surface area (Å²) in [5, 5.41) is 4.87. The number of nitrogens with one attached hydrogen (secondary N) is 2. The molecule has 1 fully saturated rings. The normalized spacial score (nSPS) is 20.1. The summed E-state index contributed by atoms with van der Waals surface area (Å²) in [5.74, 6) is 3.57. The maximum Gasteiger partial charge on any atom is 0.0457 e. The quantitative estimate of drug-likeness (QED) is 0.868. The van der Waals surface area contributed by atoms with E-state index in [-0.39, 0.29) is 0 Å². The molecule has 3 rings (SSSR count). The SMILES string of the molecule is c1cc2ccc(CNCC3CCSC3)cc2[nH]1. The van der Waals surface area contributed by atoms with E-state index in [0.717, 1.165) is 19.0 Å². The third-order valence-electron chi connectivity index (χ3n) is 3.41. The molecule has 0 bridgehead atoms. The Morgan fingerprint density at radius 2 is 2.35 bits per heavy atom. The predicted octanol–water partition coefficient (Wildman–Crippen LogP) is 3.01. The lowest BCUT2D eigenvalue weighted by atomic mass is 10.1. The molecule has 1 aliphatic heterocycles. The molecule has 0 spiro atoms. The van der Waals surface area contributed by atoms with Crippen molar-refractivity contribution < 1.29 is 0 Å². The Hall–Kier alpha value is -0.930. The third-order valence-corrected chi connectivity index (χ3v) is 4.64. The molecule has 0 aliphatic carbocycles. The Kier molecular flexibility index (Phi) is 3.39. The zero-order valence-corrected chi connectivity index (χ0v) is 10.7. The van der Waals surface area contributed by atoms with Crippen LogP contribution in [0.15, 0.2) is 30.5 Å². The number of hydrogen-bond acceptors (Lipinski definition) is 2. The fraction of sp³-hybridized carbons (Fsp3) is 0.429. The van der Waals surface area contributed by atoms with Crippen LogP contribution in [0.1, 0.15) is 12.0 Å². The van der Waals surface area contributed by atoms with E-state index in [0.29, 0.717) is 0 Å². The first-order valence-electron chi connectivity index (χ1n) is 6.26. The van der Waals surface area contributed by atoms with Crippen LogP contribution in [-0.2, 0) is 6.54 Å². The molecule has 1 atom stereocenters. The first kappa shape index (κ1) is 11.2. The van der Waals surface area contributed by atoms with E-state index >= 15 is 0 Å². The summed E-state index contributed by atoms with van der Waals surface area (Å²) >= 11 is 2.09. The van der Waals surface area contributed by atoms with Crippen LogP contribution < -0.4 is 5.32 Å². The molecular formula is C14H18N2S. The van der Waals surface area contributed by atoms with E-state index < -0.39 is 0 Å². The first-order valence-corrected chi connectivity index (χ1v) is 7.42. The smallest absolute Gasteiger partial charge is 0.0457 e. The van der Waals surface area contributed by atoms with E-state index in [1.165, 1.54) is 34.4 Å². The van der Waals surface area contributed by atoms with E-state index in [1.807, 2.05) is 6.20 Å². The van der Waals surface area contributed by atoms with Gasteiger partial charge in [0.2, 0.25) is 0 Å². The minimum Gasteiger partial charge on any atom is -0.361 e. The minimum atomic E-state index is 0.884. The lowest BCUT2D eigenvalue weighted by molar-refractivity contribution is 0.523. The molecular weight excluding hydrogens is 228 g/mol. The van der Waals surface area contributed by atoms with Crippen molar-refractivity contribution in [2.75, 3.05) is 18.1 Å². The number of benzene rings is 1. The van der Waals surface area contributed by atoms with Gasteiger partial charge in [-0.1, -0.05) is 12.1 Å². The van der Waals surface area contributed by atoms with E-state index in [2.05, 4.69) is 46.3 Å². The molecule has 0 radical (unpaired) electrons. The van der Waals surface area contributed by atoms with Gasteiger partial charge < -0.3 is 10.3 Å². The summed E-state index contributed by atoms with van der Waals surface area (Å²) < 4.78 is 0. The molecule has 2 nitrogen and oxygen atoms in total. The number of H-pyrrole nitrogens is 1. The van der Waals surface area contributed by atoms with Crippen LogP contribution in [0.5, 0.6) is 0 Å². The molecule has 2 aromatic rings. The number of hydrogen-bond donors (Lipinski definition) is 2. The number of fused-ring (bicyclic) bond motifs is 1. The molecule has 0 amide bonds. The second kappa shape index (κ2) is 5.15. The Morgan fingerprint density at radius 3 is 3.24 bits per heavy atom. The molecule has 1 aliphatic rings. The standard InChI is InChI=1S/C14H18N2S/c1-2-13-3-5-16-14(13)7-11(1)8-15-9-12-4-6-17-10-12/h1-3,5,7,12,15-16H,4,6,8-10H2. The average Bonchev–Trinajstić information content (AvgIpc) is 2.98. The van der Waals surface area contributed by atoms with Crippen molar-refractivity contribution in [3.05, 3.63) is 36.0 Å². The fourth-order valence-electron chi connectivity index (χ4n) is 2.37. The highest BCUT2D eigenvalue weighted by atomic mass is 32.2. The van der Waals surface area contributed by atoms with E-state index in [4.69, 9.17) is 0 Å². The molecule has 1 aromatic carbocycles. The van der Waals surface area contributed by atoms with Gasteiger partial charge >= 0.3 is 0 Å². The molecule has 90 valence electrons. The van der Waals surface area contributed by atoms with Crippen molar-refractivity contribution in [2.45, 2.75) is 13.0 Å². The monoisotopic (exact) mass is 246 g/mol. The lowest BCUT2D eigenvalue weighted by Gasteiger charge is -2.09. The third kappa shape index (κ3) is 2.67. The topological polar surface area (TPSA) is 27.8 Å². The van der Waals surface area contributed by atoms with Gasteiger partial charge in [0.1, 0.15) is 0 Å². The van der Waals surface area contributed by atoms with Gasteiger partial charge in [-0.3, -0.25) is 0 Å². The maximum atomic E-state index is 3.57. The summed E-state index contributed by atoms with van der Waals surface area (Å²) in [6.45, 7) is 2.14. The average molecular weight is 246 g/mol. The molecule has 1 saturated heterocycles. The Balaban J connectivity index is 1.56. The number of aromatic nitrogens is 1. The van der Waals surface area contributed by atoms with Gasteiger partial charge in [0.25, 0.3) is 0 Å². The molecule has 1 unspecified atom stereocenters. The summed E-state index contributed by atoms with van der Waals surface area (Å²) in [6.07, 6.45) is 3.38. The van der Waals surface area contributed by atoms with Crippen molar-refractivity contribution >= 4 is 22.7 Å². The van der Waals surface area contributed by atoms with Crippen LogP contribution in [-0.4, -0.2) is 23.0 Å². The Morgan fingerprint density at radius 1 is 1.35 bits per heavy atom. The highest BCUT2D eigenvalue weighted by molar-refractivity contribution is 7.99. The van der Waals surface area contributed by atoms with Gasteiger partial charge in [0.15, 0.2) is 0 Å². The van der Waals surface area contributed by atoms with Crippen LogP contribution in [0.2, 0.25) is 0 Å². The van der Waals surface area contributed by atoms with Gasteiger partial charge in [-0.15, -0.1) is 0 Å². The van der Waals surface area contributed by atoms with Gasteiger partial charge in [-0.05, 0) is 53.5 Å². The maximum absolute atomic E-state index is 3.57. The van der Waals surface area contributed by atoms with Crippen LogP contribution in [0.4, 0.5) is 0 Å². The fourth-order valence-corrected chi connectivity index (χ4v) is 3.65. The largest absolute Gasteiger partial charge is 0.361 e. The molecule has 17 heavy (non-hydrogen) atoms. The molecule has 1 aromatic heterocycles. The van der Waals surface area contributed by atoms with E-state index in [9.17, 15) is 0 Å². The van der Waals surface area contributed by atoms with Crippen LogP contribution in [0.3, 0.4) is 0 Å². The zero-order valence-electron chi connectivity index (χ0n) is 9.91. The lowest BCUT2D eigenvalue weighted by Crippen LogP contribution is -2.22. The van der Waals surface area contributed by atoms with Gasteiger partial charge in [0, 0.05) is 18.3 Å². The van der Waals surface area contributed by atoms with Crippen molar-refractivity contribution in [2.24, 2.45) is 5.92 Å². The molecule has 2 N–H and O–H groups in total. The van der Waals surface area contributed by atoms with Crippen molar-refractivity contribution in [3.63, 3.8) is 0 Å². The minimum absolute atomic E-state index is 0.884. The van der Waals surface area contributed by atoms with Gasteiger partial charge in [-0.2, -0.15) is 11.8 Å². The van der Waals surface area contributed by atoms with Gasteiger partial charge in [0.05, 0.1) is 0 Å². The summed E-state index contributed by atoms with van der Waals surface area (Å²) in [7, 11) is 0.